The molecule has 2 aromatic rings. The summed E-state index contributed by atoms with van der Waals surface area (Å²) in [7, 11) is -3.56. The molecule has 0 aliphatic carbocycles. The monoisotopic (exact) mass is 331 g/mol. The molecule has 106 valence electrons. The van der Waals surface area contributed by atoms with Crippen LogP contribution in [-0.2, 0) is 23.0 Å². The number of fused-ring (bicyclic) bond motifs is 1. The van der Waals surface area contributed by atoms with Gasteiger partial charge in [-0.1, -0.05) is 23.2 Å². The second-order valence-corrected chi connectivity index (χ2v) is 7.28. The Morgan fingerprint density at radius 1 is 1.30 bits per heavy atom. The Bertz CT molecular complexity index is 744. The maximum Gasteiger partial charge on any atom is 0.260 e. The lowest BCUT2D eigenvalue weighted by Gasteiger charge is -2.28. The molecule has 2 heterocycles. The van der Waals surface area contributed by atoms with E-state index in [1.807, 2.05) is 6.07 Å². The van der Waals surface area contributed by atoms with Crippen molar-refractivity contribution in [2.24, 2.45) is 0 Å². The Kier molecular flexibility index (Phi) is 3.50. The Balaban J connectivity index is 1.97. The number of nitrogens with zero attached hydrogens (tertiary/aromatic N) is 2. The van der Waals surface area contributed by atoms with Gasteiger partial charge in [0.15, 0.2) is 5.03 Å². The SMILES string of the molecule is O=S(=O)(c1cnc[nH]1)N1CCc2cc(Cl)cc(Cl)c2C1. The highest BCUT2D eigenvalue weighted by Gasteiger charge is 2.30. The first kappa shape index (κ1) is 13.9. The molecule has 1 aromatic carbocycles. The fourth-order valence-electron chi connectivity index (χ4n) is 2.29. The summed E-state index contributed by atoms with van der Waals surface area (Å²) < 4.78 is 26.2. The van der Waals surface area contributed by atoms with Gasteiger partial charge in [0, 0.05) is 23.1 Å². The van der Waals surface area contributed by atoms with E-state index in [1.165, 1.54) is 16.8 Å². The molecular formula is C12H11Cl2N3O2S. The number of aromatic nitrogens is 2. The van der Waals surface area contributed by atoms with E-state index in [1.54, 1.807) is 6.07 Å². The summed E-state index contributed by atoms with van der Waals surface area (Å²) in [6.07, 6.45) is 3.23. The Morgan fingerprint density at radius 2 is 2.10 bits per heavy atom. The Labute approximate surface area is 126 Å². The van der Waals surface area contributed by atoms with Gasteiger partial charge in [0.1, 0.15) is 0 Å². The van der Waals surface area contributed by atoms with E-state index in [2.05, 4.69) is 9.97 Å². The Morgan fingerprint density at radius 3 is 2.80 bits per heavy atom. The number of sulfonamides is 1. The molecule has 0 fully saturated rings. The third-order valence-corrected chi connectivity index (χ3v) is 5.63. The van der Waals surface area contributed by atoms with Crippen molar-refractivity contribution in [3.05, 3.63) is 45.8 Å². The number of benzene rings is 1. The molecule has 0 saturated carbocycles. The highest BCUT2D eigenvalue weighted by molar-refractivity contribution is 7.89. The number of H-pyrrole nitrogens is 1. The van der Waals surface area contributed by atoms with Gasteiger partial charge >= 0.3 is 0 Å². The van der Waals surface area contributed by atoms with Gasteiger partial charge in [-0.25, -0.2) is 13.4 Å². The van der Waals surface area contributed by atoms with Gasteiger partial charge < -0.3 is 4.98 Å². The van der Waals surface area contributed by atoms with Crippen LogP contribution in [0.5, 0.6) is 0 Å². The maximum atomic E-state index is 12.4. The van der Waals surface area contributed by atoms with Gasteiger partial charge in [-0.3, -0.25) is 0 Å². The molecule has 0 unspecified atom stereocenters. The van der Waals surface area contributed by atoms with E-state index >= 15 is 0 Å². The molecular weight excluding hydrogens is 321 g/mol. The fraction of sp³-hybridized carbons (Fsp3) is 0.250. The summed E-state index contributed by atoms with van der Waals surface area (Å²) in [6, 6.07) is 3.47. The standard InChI is InChI=1S/C12H11Cl2N3O2S/c13-9-3-8-1-2-17(6-10(8)11(14)4-9)20(18,19)12-5-15-7-16-12/h3-5,7H,1-2,6H2,(H,15,16). The lowest BCUT2D eigenvalue weighted by atomic mass is 10.0. The van der Waals surface area contributed by atoms with Gasteiger partial charge in [0.2, 0.25) is 0 Å². The van der Waals surface area contributed by atoms with Crippen molar-refractivity contribution >= 4 is 33.2 Å². The summed E-state index contributed by atoms with van der Waals surface area (Å²) in [6.45, 7) is 0.637. The molecule has 0 saturated heterocycles. The third kappa shape index (κ3) is 2.33. The topological polar surface area (TPSA) is 66.1 Å². The minimum absolute atomic E-state index is 0.0889. The minimum Gasteiger partial charge on any atom is -0.335 e. The summed E-state index contributed by atoms with van der Waals surface area (Å²) in [5, 5.41) is 1.15. The normalized spacial score (nSPS) is 16.1. The van der Waals surface area contributed by atoms with E-state index in [9.17, 15) is 8.42 Å². The molecule has 1 N–H and O–H groups in total. The van der Waals surface area contributed by atoms with E-state index in [0.29, 0.717) is 23.0 Å². The second kappa shape index (κ2) is 5.04. The quantitative estimate of drug-likeness (QED) is 0.919. The third-order valence-electron chi connectivity index (χ3n) is 3.31. The van der Waals surface area contributed by atoms with Crippen molar-refractivity contribution in [2.75, 3.05) is 6.54 Å². The molecule has 0 radical (unpaired) electrons. The molecule has 1 aliphatic rings. The average molecular weight is 332 g/mol. The summed E-state index contributed by atoms with van der Waals surface area (Å²) in [4.78, 5) is 6.38. The lowest BCUT2D eigenvalue weighted by molar-refractivity contribution is 0.390. The summed E-state index contributed by atoms with van der Waals surface area (Å²) in [5.74, 6) is 0. The summed E-state index contributed by atoms with van der Waals surface area (Å²) in [5.41, 5.74) is 1.81. The number of rotatable bonds is 2. The Hall–Kier alpha value is -1.08. The summed E-state index contributed by atoms with van der Waals surface area (Å²) >= 11 is 12.1. The number of nitrogens with one attached hydrogen (secondary N) is 1. The van der Waals surface area contributed by atoms with Crippen LogP contribution in [0.25, 0.3) is 0 Å². The van der Waals surface area contributed by atoms with Crippen LogP contribution in [0.2, 0.25) is 10.0 Å². The van der Waals surface area contributed by atoms with Crippen molar-refractivity contribution in [1.82, 2.24) is 14.3 Å². The fourth-order valence-corrected chi connectivity index (χ4v) is 4.19. The zero-order chi connectivity index (χ0) is 14.3. The van der Waals surface area contributed by atoms with Gasteiger partial charge in [-0.15, -0.1) is 0 Å². The highest BCUT2D eigenvalue weighted by Crippen LogP contribution is 2.31. The predicted molar refractivity (Wildman–Crippen MR) is 76.3 cm³/mol. The van der Waals surface area contributed by atoms with Crippen molar-refractivity contribution < 1.29 is 8.42 Å². The van der Waals surface area contributed by atoms with Gasteiger partial charge in [-0.2, -0.15) is 4.31 Å². The number of halogens is 2. The molecule has 1 aromatic heterocycles. The number of aromatic amines is 1. The van der Waals surface area contributed by atoms with Crippen LogP contribution in [0, 0.1) is 0 Å². The number of imidazole rings is 1. The van der Waals surface area contributed by atoms with Gasteiger partial charge in [-0.05, 0) is 29.7 Å². The zero-order valence-electron chi connectivity index (χ0n) is 10.3. The van der Waals surface area contributed by atoms with Crippen LogP contribution in [0.1, 0.15) is 11.1 Å². The van der Waals surface area contributed by atoms with Crippen LogP contribution in [-0.4, -0.2) is 29.2 Å². The first-order valence-corrected chi connectivity index (χ1v) is 8.13. The molecule has 8 heteroatoms. The van der Waals surface area contributed by atoms with Crippen molar-refractivity contribution in [3.8, 4) is 0 Å². The number of hydrogen-bond donors (Lipinski definition) is 1. The molecule has 1 aliphatic heterocycles. The lowest BCUT2D eigenvalue weighted by Crippen LogP contribution is -2.36. The van der Waals surface area contributed by atoms with Gasteiger partial charge in [0.25, 0.3) is 10.0 Å². The predicted octanol–water partition coefficient (Wildman–Crippen LogP) is 2.46. The van der Waals surface area contributed by atoms with Crippen LogP contribution in [0.4, 0.5) is 0 Å². The van der Waals surface area contributed by atoms with Crippen LogP contribution >= 0.6 is 23.2 Å². The number of hydrogen-bond acceptors (Lipinski definition) is 3. The molecule has 0 bridgehead atoms. The van der Waals surface area contributed by atoms with E-state index in [0.717, 1.165) is 11.1 Å². The average Bonchev–Trinajstić information content (AvgIpc) is 2.92. The van der Waals surface area contributed by atoms with Crippen molar-refractivity contribution in [1.29, 1.82) is 0 Å². The molecule has 0 atom stereocenters. The van der Waals surface area contributed by atoms with E-state index < -0.39 is 10.0 Å². The molecule has 5 nitrogen and oxygen atoms in total. The smallest absolute Gasteiger partial charge is 0.260 e. The van der Waals surface area contributed by atoms with Crippen LogP contribution in [0.15, 0.2) is 29.7 Å². The zero-order valence-corrected chi connectivity index (χ0v) is 12.6. The molecule has 0 spiro atoms. The second-order valence-electron chi connectivity index (χ2n) is 4.53. The maximum absolute atomic E-state index is 12.4. The first-order chi connectivity index (χ1) is 9.48. The van der Waals surface area contributed by atoms with Crippen LogP contribution in [0.3, 0.4) is 0 Å². The van der Waals surface area contributed by atoms with Crippen molar-refractivity contribution in [3.63, 3.8) is 0 Å². The molecule has 0 amide bonds. The van der Waals surface area contributed by atoms with E-state index in [4.69, 9.17) is 23.2 Å². The first-order valence-electron chi connectivity index (χ1n) is 5.94. The van der Waals surface area contributed by atoms with Crippen LogP contribution < -0.4 is 0 Å². The molecule has 3 rings (SSSR count). The minimum atomic E-state index is -3.56. The highest BCUT2D eigenvalue weighted by atomic mass is 35.5. The van der Waals surface area contributed by atoms with Gasteiger partial charge in [0.05, 0.1) is 12.5 Å². The largest absolute Gasteiger partial charge is 0.335 e. The molecule has 20 heavy (non-hydrogen) atoms. The van der Waals surface area contributed by atoms with E-state index in [-0.39, 0.29) is 11.6 Å². The van der Waals surface area contributed by atoms with Crippen molar-refractivity contribution in [2.45, 2.75) is 18.0 Å².